The minimum absolute atomic E-state index is 0.0692. The molecule has 7 nitrogen and oxygen atoms in total. The van der Waals surface area contributed by atoms with Gasteiger partial charge in [0.2, 0.25) is 0 Å². The minimum atomic E-state index is -0.769. The van der Waals surface area contributed by atoms with Gasteiger partial charge in [-0.2, -0.15) is 0 Å². The highest BCUT2D eigenvalue weighted by molar-refractivity contribution is 5.80. The highest BCUT2D eigenvalue weighted by Gasteiger charge is 2.29. The van der Waals surface area contributed by atoms with E-state index >= 15 is 0 Å². The normalized spacial score (nSPS) is 15.6. The van der Waals surface area contributed by atoms with Crippen LogP contribution in [0.25, 0.3) is 0 Å². The fourth-order valence-corrected chi connectivity index (χ4v) is 4.01. The van der Waals surface area contributed by atoms with Crippen molar-refractivity contribution in [3.63, 3.8) is 0 Å². The molecule has 2 rings (SSSR count). The van der Waals surface area contributed by atoms with Gasteiger partial charge in [0.1, 0.15) is 17.3 Å². The first kappa shape index (κ1) is 30.7. The van der Waals surface area contributed by atoms with Gasteiger partial charge in [-0.25, -0.2) is 0 Å². The number of benzene rings is 1. The molecular formula is C26H45NO6. The Kier molecular flexibility index (Phi) is 15.2. The third-order valence-electron chi connectivity index (χ3n) is 5.70. The number of unbranched alkanes of at least 4 members (excludes halogenated alkanes) is 3. The summed E-state index contributed by atoms with van der Waals surface area (Å²) in [6, 6.07) is 3.44. The molecule has 1 aromatic rings. The van der Waals surface area contributed by atoms with Crippen molar-refractivity contribution in [2.75, 3.05) is 6.61 Å². The number of Topliss-reactive ketones (excluding diaryl/α,β-unsaturated/α-hetero) is 1. The van der Waals surface area contributed by atoms with Crippen LogP contribution in [-0.4, -0.2) is 27.7 Å². The van der Waals surface area contributed by atoms with Gasteiger partial charge in [-0.15, -0.1) is 10.1 Å². The van der Waals surface area contributed by atoms with E-state index in [1.165, 1.54) is 6.42 Å². The van der Waals surface area contributed by atoms with Crippen molar-refractivity contribution in [2.24, 2.45) is 0 Å². The Labute approximate surface area is 199 Å². The van der Waals surface area contributed by atoms with Crippen LogP contribution in [0.2, 0.25) is 0 Å². The minimum Gasteiger partial charge on any atom is -0.508 e. The van der Waals surface area contributed by atoms with Crippen molar-refractivity contribution in [3.05, 3.63) is 33.4 Å². The second-order valence-electron chi connectivity index (χ2n) is 9.07. The highest BCUT2D eigenvalue weighted by atomic mass is 16.9. The summed E-state index contributed by atoms with van der Waals surface area (Å²) in [5, 5.41) is 30.4. The molecule has 0 aromatic heterocycles. The number of nitrogens with zero attached hydrogens (tertiary/aromatic N) is 1. The maximum atomic E-state index is 11.7. The van der Waals surface area contributed by atoms with E-state index in [0.29, 0.717) is 24.8 Å². The second-order valence-corrected chi connectivity index (χ2v) is 9.07. The fraction of sp³-hybridized carbons (Fsp3) is 0.731. The summed E-state index contributed by atoms with van der Waals surface area (Å²) in [5.74, 6) is 0.210. The standard InChI is InChI=1S/C21H31NO6.C3H8.C2H6/c1-21(2,10-5-3-4-6-11-28-22(26)27)16-13-18(24)20(19(25)14-16)15-8-7-9-17(23)12-15;1-3-2;1-2/h13-15,24-25H,3-12H2,1-2H3;3H2,1-2H3;1-2H3. The van der Waals surface area contributed by atoms with Gasteiger partial charge >= 0.3 is 0 Å². The third-order valence-corrected chi connectivity index (χ3v) is 5.70. The first-order chi connectivity index (χ1) is 15.6. The fourth-order valence-electron chi connectivity index (χ4n) is 4.01. The molecule has 0 bridgehead atoms. The topological polar surface area (TPSA) is 110 Å². The molecule has 33 heavy (non-hydrogen) atoms. The number of phenols is 2. The quantitative estimate of drug-likeness (QED) is 0.214. The zero-order valence-electron chi connectivity index (χ0n) is 21.5. The molecule has 1 unspecified atom stereocenters. The zero-order chi connectivity index (χ0) is 25.4. The van der Waals surface area contributed by atoms with E-state index in [2.05, 4.69) is 32.5 Å². The maximum Gasteiger partial charge on any atom is 0.294 e. The third kappa shape index (κ3) is 11.4. The van der Waals surface area contributed by atoms with Crippen LogP contribution in [0.5, 0.6) is 11.5 Å². The number of aromatic hydroxyl groups is 2. The summed E-state index contributed by atoms with van der Waals surface area (Å²) in [6.45, 7) is 12.5. The zero-order valence-corrected chi connectivity index (χ0v) is 21.5. The Morgan fingerprint density at radius 1 is 1.09 bits per heavy atom. The molecule has 1 aromatic carbocycles. The summed E-state index contributed by atoms with van der Waals surface area (Å²) in [5.41, 5.74) is 1.14. The van der Waals surface area contributed by atoms with Gasteiger partial charge in [0, 0.05) is 18.4 Å². The number of hydrogen-bond donors (Lipinski definition) is 2. The van der Waals surface area contributed by atoms with Gasteiger partial charge in [-0.1, -0.05) is 67.2 Å². The van der Waals surface area contributed by atoms with Gasteiger partial charge < -0.3 is 15.1 Å². The summed E-state index contributed by atoms with van der Waals surface area (Å²) in [4.78, 5) is 26.1. The molecule has 0 saturated heterocycles. The molecule has 1 aliphatic rings. The van der Waals surface area contributed by atoms with Crippen LogP contribution in [-0.2, 0) is 15.0 Å². The number of phenolic OH excluding ortho intramolecular Hbond substituents is 2. The van der Waals surface area contributed by atoms with Gasteiger partial charge in [-0.05, 0) is 54.7 Å². The van der Waals surface area contributed by atoms with Crippen molar-refractivity contribution in [2.45, 2.75) is 117 Å². The Morgan fingerprint density at radius 2 is 1.64 bits per heavy atom. The lowest BCUT2D eigenvalue weighted by atomic mass is 9.77. The predicted octanol–water partition coefficient (Wildman–Crippen LogP) is 7.20. The van der Waals surface area contributed by atoms with Crippen LogP contribution in [0.1, 0.15) is 123 Å². The lowest BCUT2D eigenvalue weighted by molar-refractivity contribution is -0.757. The highest BCUT2D eigenvalue weighted by Crippen LogP contribution is 2.44. The molecule has 0 spiro atoms. The van der Waals surface area contributed by atoms with E-state index in [1.807, 2.05) is 13.8 Å². The molecule has 0 amide bonds. The van der Waals surface area contributed by atoms with E-state index < -0.39 is 5.09 Å². The number of carbonyl (C=O) groups is 1. The Bertz CT molecular complexity index is 694. The SMILES string of the molecule is CC.CC(C)(CCCCCCO[N+](=O)[O-])c1cc(O)c(C2CCCC(=O)C2)c(O)c1.CCC. The Hall–Kier alpha value is -2.31. The van der Waals surface area contributed by atoms with Crippen molar-refractivity contribution < 1.29 is 24.9 Å². The number of carbonyl (C=O) groups excluding carboxylic acids is 1. The molecule has 1 atom stereocenters. The number of hydrogen-bond acceptors (Lipinski definition) is 6. The predicted molar refractivity (Wildman–Crippen MR) is 132 cm³/mol. The van der Waals surface area contributed by atoms with E-state index in [0.717, 1.165) is 44.1 Å². The van der Waals surface area contributed by atoms with Gasteiger partial charge in [0.05, 0.1) is 6.61 Å². The van der Waals surface area contributed by atoms with E-state index in [1.54, 1.807) is 12.1 Å². The average molecular weight is 468 g/mol. The van der Waals surface area contributed by atoms with Gasteiger partial charge in [0.25, 0.3) is 5.09 Å². The summed E-state index contributed by atoms with van der Waals surface area (Å²) < 4.78 is 0. The molecule has 1 aliphatic carbocycles. The lowest BCUT2D eigenvalue weighted by Crippen LogP contribution is -2.18. The maximum absolute atomic E-state index is 11.7. The molecule has 2 N–H and O–H groups in total. The summed E-state index contributed by atoms with van der Waals surface area (Å²) in [6.07, 6.45) is 8.05. The van der Waals surface area contributed by atoms with E-state index in [-0.39, 0.29) is 35.2 Å². The summed E-state index contributed by atoms with van der Waals surface area (Å²) >= 11 is 0. The molecule has 0 aliphatic heterocycles. The molecule has 7 heteroatoms. The second kappa shape index (κ2) is 16.3. The van der Waals surface area contributed by atoms with Crippen molar-refractivity contribution >= 4 is 5.78 Å². The molecule has 1 saturated carbocycles. The average Bonchev–Trinajstić information content (AvgIpc) is 2.74. The molecule has 0 radical (unpaired) electrons. The summed E-state index contributed by atoms with van der Waals surface area (Å²) in [7, 11) is 0. The van der Waals surface area contributed by atoms with Crippen LogP contribution < -0.4 is 0 Å². The van der Waals surface area contributed by atoms with Crippen LogP contribution in [0.4, 0.5) is 0 Å². The molecule has 1 fully saturated rings. The Balaban J connectivity index is 0.00000189. The van der Waals surface area contributed by atoms with Crippen molar-refractivity contribution in [1.29, 1.82) is 0 Å². The van der Waals surface area contributed by atoms with Crippen LogP contribution in [0.3, 0.4) is 0 Å². The van der Waals surface area contributed by atoms with Crippen molar-refractivity contribution in [3.8, 4) is 11.5 Å². The lowest BCUT2D eigenvalue weighted by Gasteiger charge is -2.28. The number of rotatable bonds is 10. The number of ketones is 1. The molecule has 0 heterocycles. The first-order valence-electron chi connectivity index (χ1n) is 12.5. The van der Waals surface area contributed by atoms with E-state index in [4.69, 9.17) is 0 Å². The van der Waals surface area contributed by atoms with Crippen LogP contribution in [0.15, 0.2) is 12.1 Å². The molecular weight excluding hydrogens is 422 g/mol. The van der Waals surface area contributed by atoms with Crippen LogP contribution in [0, 0.1) is 10.1 Å². The van der Waals surface area contributed by atoms with Crippen LogP contribution >= 0.6 is 0 Å². The van der Waals surface area contributed by atoms with Gasteiger partial charge in [-0.3, -0.25) is 4.79 Å². The molecule has 190 valence electrons. The van der Waals surface area contributed by atoms with Gasteiger partial charge in [0.15, 0.2) is 0 Å². The first-order valence-corrected chi connectivity index (χ1v) is 12.5. The Morgan fingerprint density at radius 3 is 2.15 bits per heavy atom. The smallest absolute Gasteiger partial charge is 0.294 e. The monoisotopic (exact) mass is 467 g/mol. The van der Waals surface area contributed by atoms with Crippen molar-refractivity contribution in [1.82, 2.24) is 0 Å². The largest absolute Gasteiger partial charge is 0.508 e. The van der Waals surface area contributed by atoms with E-state index in [9.17, 15) is 25.1 Å².